The molecule has 2 radical (unpaired) electrons. The molecule has 0 atom stereocenters. The number of allylic oxidation sites excluding steroid dienone is 2. The molecule has 3 rings (SSSR count). The van der Waals surface area contributed by atoms with E-state index in [9.17, 15) is 0 Å². The molecule has 0 saturated carbocycles. The van der Waals surface area contributed by atoms with E-state index in [1.54, 1.807) is 0 Å². The number of hydrogen-bond donors (Lipinski definition) is 0. The fraction of sp³-hybridized carbons (Fsp3) is 0.143. The van der Waals surface area contributed by atoms with Crippen LogP contribution in [0.4, 0.5) is 0 Å². The van der Waals surface area contributed by atoms with E-state index in [0.29, 0.717) is 0 Å². The van der Waals surface area contributed by atoms with Crippen LogP contribution >= 0.6 is 0 Å². The maximum atomic E-state index is 3.46. The standard InChI is InChI=1S/C14H10/c1-2-6-12-10-14-8-4-3-7-13(14)9-11(12)5-1/h1-6H,7-8H2. The minimum absolute atomic E-state index is 1.01. The van der Waals surface area contributed by atoms with Gasteiger partial charge in [0.15, 0.2) is 0 Å². The van der Waals surface area contributed by atoms with Crippen molar-refractivity contribution in [1.29, 1.82) is 0 Å². The molecule has 0 aliphatic heterocycles. The normalized spacial score (nSPS) is 14.3. The first kappa shape index (κ1) is 7.81. The lowest BCUT2D eigenvalue weighted by Crippen LogP contribution is -1.97. The fourth-order valence-electron chi connectivity index (χ4n) is 1.93. The molecule has 1 aliphatic rings. The summed E-state index contributed by atoms with van der Waals surface area (Å²) >= 11 is 0. The molecule has 14 heavy (non-hydrogen) atoms. The monoisotopic (exact) mass is 178 g/mol. The fourth-order valence-corrected chi connectivity index (χ4v) is 1.93. The summed E-state index contributed by atoms with van der Waals surface area (Å²) in [6, 6.07) is 15.2. The third-order valence-electron chi connectivity index (χ3n) is 2.67. The van der Waals surface area contributed by atoms with Crippen LogP contribution in [-0.4, -0.2) is 0 Å². The van der Waals surface area contributed by atoms with Crippen LogP contribution in [0.1, 0.15) is 11.1 Å². The molecule has 0 spiro atoms. The first-order valence-corrected chi connectivity index (χ1v) is 4.93. The molecule has 0 heteroatoms. The lowest BCUT2D eigenvalue weighted by molar-refractivity contribution is 1.09. The summed E-state index contributed by atoms with van der Waals surface area (Å²) in [5.74, 6) is 0. The Bertz CT molecular complexity index is 460. The maximum absolute atomic E-state index is 3.46. The van der Waals surface area contributed by atoms with E-state index in [0.717, 1.165) is 12.8 Å². The van der Waals surface area contributed by atoms with Crippen molar-refractivity contribution < 1.29 is 0 Å². The number of rotatable bonds is 0. The summed E-state index contributed by atoms with van der Waals surface area (Å²) in [5.41, 5.74) is 2.62. The van der Waals surface area contributed by atoms with E-state index in [1.165, 1.54) is 21.9 Å². The predicted molar refractivity (Wildman–Crippen MR) is 58.2 cm³/mol. The predicted octanol–water partition coefficient (Wildman–Crippen LogP) is 3.09. The summed E-state index contributed by atoms with van der Waals surface area (Å²) < 4.78 is 0. The molecule has 0 nitrogen and oxygen atoms in total. The molecule has 0 unspecified atom stereocenters. The molecule has 2 aromatic rings. The van der Waals surface area contributed by atoms with Crippen molar-refractivity contribution in [1.82, 2.24) is 0 Å². The molecule has 0 aromatic heterocycles. The van der Waals surface area contributed by atoms with Gasteiger partial charge < -0.3 is 0 Å². The third kappa shape index (κ3) is 1.15. The topological polar surface area (TPSA) is 0 Å². The van der Waals surface area contributed by atoms with Gasteiger partial charge in [0.25, 0.3) is 0 Å². The Morgan fingerprint density at radius 3 is 1.79 bits per heavy atom. The van der Waals surface area contributed by atoms with Crippen LogP contribution < -0.4 is 0 Å². The molecule has 1 aliphatic carbocycles. The van der Waals surface area contributed by atoms with Crippen LogP contribution in [0.3, 0.4) is 0 Å². The van der Waals surface area contributed by atoms with Crippen molar-refractivity contribution in [3.05, 3.63) is 59.7 Å². The van der Waals surface area contributed by atoms with Crippen molar-refractivity contribution in [2.24, 2.45) is 0 Å². The summed E-state index contributed by atoms with van der Waals surface area (Å²) in [7, 11) is 0. The molecular formula is C14H10. The summed E-state index contributed by atoms with van der Waals surface area (Å²) in [6.45, 7) is 0. The van der Waals surface area contributed by atoms with E-state index in [4.69, 9.17) is 0 Å². The van der Waals surface area contributed by atoms with Gasteiger partial charge in [-0.1, -0.05) is 36.4 Å². The van der Waals surface area contributed by atoms with Gasteiger partial charge in [-0.25, -0.2) is 0 Å². The minimum Gasteiger partial charge on any atom is -0.0838 e. The van der Waals surface area contributed by atoms with E-state index >= 15 is 0 Å². The third-order valence-corrected chi connectivity index (χ3v) is 2.67. The second kappa shape index (κ2) is 2.98. The largest absolute Gasteiger partial charge is 0.0838 e. The highest BCUT2D eigenvalue weighted by Gasteiger charge is 2.06. The van der Waals surface area contributed by atoms with Gasteiger partial charge in [-0.05, 0) is 46.9 Å². The Labute approximate surface area is 83.9 Å². The SMILES string of the molecule is [c]1c2c([c]c3ccccc13)CC=CC2. The Morgan fingerprint density at radius 2 is 1.29 bits per heavy atom. The van der Waals surface area contributed by atoms with Gasteiger partial charge in [0.1, 0.15) is 0 Å². The van der Waals surface area contributed by atoms with Crippen LogP contribution in [0.15, 0.2) is 36.4 Å². The van der Waals surface area contributed by atoms with Crippen molar-refractivity contribution >= 4 is 10.8 Å². The highest BCUT2D eigenvalue weighted by molar-refractivity contribution is 5.83. The quantitative estimate of drug-likeness (QED) is 0.544. The van der Waals surface area contributed by atoms with Gasteiger partial charge in [0.05, 0.1) is 0 Å². The highest BCUT2D eigenvalue weighted by Crippen LogP contribution is 2.22. The maximum Gasteiger partial charge on any atom is -0.00576 e. The zero-order valence-electron chi connectivity index (χ0n) is 7.88. The zero-order valence-corrected chi connectivity index (χ0v) is 7.88. The van der Waals surface area contributed by atoms with Gasteiger partial charge in [-0.3, -0.25) is 0 Å². The number of fused-ring (bicyclic) bond motifs is 2. The Kier molecular flexibility index (Phi) is 1.66. The Hall–Kier alpha value is -1.56. The second-order valence-electron chi connectivity index (χ2n) is 3.63. The van der Waals surface area contributed by atoms with Crippen LogP contribution in [-0.2, 0) is 12.8 Å². The second-order valence-corrected chi connectivity index (χ2v) is 3.63. The Morgan fingerprint density at radius 1 is 0.786 bits per heavy atom. The summed E-state index contributed by atoms with van der Waals surface area (Å²) in [6.07, 6.45) is 6.44. The zero-order chi connectivity index (χ0) is 9.38. The highest BCUT2D eigenvalue weighted by atomic mass is 14.1. The van der Waals surface area contributed by atoms with Crippen LogP contribution in [0.5, 0.6) is 0 Å². The van der Waals surface area contributed by atoms with Gasteiger partial charge in [-0.15, -0.1) is 0 Å². The molecule has 0 amide bonds. The molecule has 0 N–H and O–H groups in total. The number of benzene rings is 2. The molecule has 0 saturated heterocycles. The lowest BCUT2D eigenvalue weighted by atomic mass is 9.93. The van der Waals surface area contributed by atoms with Crippen LogP contribution in [0.2, 0.25) is 0 Å². The van der Waals surface area contributed by atoms with Crippen molar-refractivity contribution in [3.63, 3.8) is 0 Å². The Balaban J connectivity index is 2.30. The average Bonchev–Trinajstić information content (AvgIpc) is 2.26. The van der Waals surface area contributed by atoms with Crippen molar-refractivity contribution in [2.45, 2.75) is 12.8 Å². The van der Waals surface area contributed by atoms with Crippen molar-refractivity contribution in [3.8, 4) is 0 Å². The van der Waals surface area contributed by atoms with Crippen molar-refractivity contribution in [2.75, 3.05) is 0 Å². The van der Waals surface area contributed by atoms with Gasteiger partial charge in [0.2, 0.25) is 0 Å². The van der Waals surface area contributed by atoms with E-state index in [1.807, 2.05) is 0 Å². The first-order chi connectivity index (χ1) is 6.93. The van der Waals surface area contributed by atoms with E-state index in [2.05, 4.69) is 48.6 Å². The first-order valence-electron chi connectivity index (χ1n) is 4.93. The van der Waals surface area contributed by atoms with Crippen LogP contribution in [0.25, 0.3) is 10.8 Å². The summed E-state index contributed by atoms with van der Waals surface area (Å²) in [5, 5.41) is 2.36. The van der Waals surface area contributed by atoms with E-state index in [-0.39, 0.29) is 0 Å². The molecule has 66 valence electrons. The number of hydrogen-bond acceptors (Lipinski definition) is 0. The lowest BCUT2D eigenvalue weighted by Gasteiger charge is -2.10. The molecular weight excluding hydrogens is 168 g/mol. The average molecular weight is 178 g/mol. The van der Waals surface area contributed by atoms with Crippen LogP contribution in [0, 0.1) is 12.1 Å². The molecule has 0 bridgehead atoms. The minimum atomic E-state index is 1.01. The molecule has 0 fully saturated rings. The van der Waals surface area contributed by atoms with Gasteiger partial charge in [-0.2, -0.15) is 0 Å². The smallest absolute Gasteiger partial charge is 0.00576 e. The van der Waals surface area contributed by atoms with E-state index < -0.39 is 0 Å². The summed E-state index contributed by atoms with van der Waals surface area (Å²) in [4.78, 5) is 0. The molecule has 0 heterocycles. The van der Waals surface area contributed by atoms with Gasteiger partial charge >= 0.3 is 0 Å². The van der Waals surface area contributed by atoms with Gasteiger partial charge in [0, 0.05) is 0 Å². The molecule has 2 aromatic carbocycles.